The average molecular weight is 498 g/mol. The fraction of sp³-hybridized carbons (Fsp3) is 0.440. The molecule has 1 aromatic carbocycles. The molecule has 9 unspecified atom stereocenters. The van der Waals surface area contributed by atoms with Crippen molar-refractivity contribution in [3.8, 4) is 0 Å². The fourth-order valence-electron chi connectivity index (χ4n) is 5.72. The van der Waals surface area contributed by atoms with Crippen LogP contribution in [0.1, 0.15) is 23.7 Å². The first kappa shape index (κ1) is 23.3. The molecule has 5 N–H and O–H groups in total. The van der Waals surface area contributed by atoms with E-state index in [4.69, 9.17) is 14.2 Å². The number of carbonyl (C=O) groups is 1. The molecule has 0 bridgehead atoms. The van der Waals surface area contributed by atoms with E-state index in [0.717, 1.165) is 0 Å². The molecule has 2 fully saturated rings. The fourth-order valence-corrected chi connectivity index (χ4v) is 5.72. The first-order valence-corrected chi connectivity index (χ1v) is 11.8. The lowest BCUT2D eigenvalue weighted by Crippen LogP contribution is -2.59. The number of hydrogen-bond donors (Lipinski definition) is 5. The van der Waals surface area contributed by atoms with Gasteiger partial charge < -0.3 is 44.5 Å². The van der Waals surface area contributed by atoms with Crippen molar-refractivity contribution in [3.63, 3.8) is 0 Å². The number of aromatic amines is 1. The number of ether oxygens (including phenoxy) is 3. The maximum Gasteiger partial charge on any atom is 0.254 e. The average Bonchev–Trinajstić information content (AvgIpc) is 3.25. The van der Waals surface area contributed by atoms with Gasteiger partial charge in [0.05, 0.1) is 24.4 Å². The zero-order chi connectivity index (χ0) is 25.3. The lowest BCUT2D eigenvalue weighted by atomic mass is 9.76. The third-order valence-corrected chi connectivity index (χ3v) is 7.66. The quantitative estimate of drug-likeness (QED) is 0.359. The highest BCUT2D eigenvalue weighted by Gasteiger charge is 2.51. The van der Waals surface area contributed by atoms with Gasteiger partial charge in [0.2, 0.25) is 6.29 Å². The van der Waals surface area contributed by atoms with Crippen molar-refractivity contribution in [3.05, 3.63) is 70.2 Å². The number of nitrogens with zero attached hydrogens (tertiary/aromatic N) is 1. The van der Waals surface area contributed by atoms with Crippen molar-refractivity contribution < 1.29 is 39.4 Å². The number of rotatable bonds is 3. The van der Waals surface area contributed by atoms with Gasteiger partial charge in [-0.15, -0.1) is 6.58 Å². The molecule has 9 atom stereocenters. The molecule has 2 saturated heterocycles. The van der Waals surface area contributed by atoms with Gasteiger partial charge in [-0.25, -0.2) is 0 Å². The van der Waals surface area contributed by atoms with Crippen LogP contribution in [0.5, 0.6) is 0 Å². The number of aliphatic hydroxyl groups is 4. The second-order valence-electron chi connectivity index (χ2n) is 9.58. The lowest BCUT2D eigenvalue weighted by Gasteiger charge is -2.45. The van der Waals surface area contributed by atoms with Crippen LogP contribution >= 0.6 is 0 Å². The molecular weight excluding hydrogens is 472 g/mol. The molecule has 6 rings (SSSR count). The number of hydrogen-bond acceptors (Lipinski definition) is 9. The Balaban J connectivity index is 1.31. The highest BCUT2D eigenvalue weighted by atomic mass is 16.8. The third-order valence-electron chi connectivity index (χ3n) is 7.66. The summed E-state index contributed by atoms with van der Waals surface area (Å²) in [5.41, 5.74) is 2.30. The Kier molecular flexibility index (Phi) is 5.52. The maximum absolute atomic E-state index is 13.5. The molecule has 0 radical (unpaired) electrons. The van der Waals surface area contributed by atoms with Crippen molar-refractivity contribution in [2.75, 3.05) is 0 Å². The van der Waals surface area contributed by atoms with Gasteiger partial charge in [-0.3, -0.25) is 9.59 Å². The van der Waals surface area contributed by atoms with Gasteiger partial charge in [0.25, 0.3) is 5.91 Å². The van der Waals surface area contributed by atoms with E-state index in [9.17, 15) is 30.0 Å². The number of benzene rings is 1. The summed E-state index contributed by atoms with van der Waals surface area (Å²) in [6.07, 6.45) is -5.99. The minimum atomic E-state index is -1.77. The Labute approximate surface area is 204 Å². The van der Waals surface area contributed by atoms with Gasteiger partial charge in [-0.2, -0.15) is 0 Å². The topological polar surface area (TPSA) is 162 Å². The van der Waals surface area contributed by atoms with Crippen molar-refractivity contribution in [2.24, 2.45) is 11.8 Å². The second kappa shape index (κ2) is 8.51. The van der Waals surface area contributed by atoms with Crippen LogP contribution in [0.4, 0.5) is 0 Å². The summed E-state index contributed by atoms with van der Waals surface area (Å²) < 4.78 is 16.6. The second-order valence-corrected chi connectivity index (χ2v) is 9.58. The van der Waals surface area contributed by atoms with E-state index in [0.29, 0.717) is 34.2 Å². The molecule has 11 nitrogen and oxygen atoms in total. The zero-order valence-corrected chi connectivity index (χ0v) is 19.1. The van der Waals surface area contributed by atoms with Crippen LogP contribution in [0.2, 0.25) is 0 Å². The summed E-state index contributed by atoms with van der Waals surface area (Å²) in [6.45, 7) is 4.07. The number of amides is 1. The van der Waals surface area contributed by atoms with Crippen LogP contribution in [0.25, 0.3) is 10.9 Å². The number of para-hydroxylation sites is 1. The molecule has 11 heteroatoms. The van der Waals surface area contributed by atoms with Gasteiger partial charge in [-0.05, 0) is 18.6 Å². The van der Waals surface area contributed by atoms with Crippen LogP contribution in [-0.4, -0.2) is 73.4 Å². The number of piperidine rings is 1. The van der Waals surface area contributed by atoms with Gasteiger partial charge in [0.15, 0.2) is 18.0 Å². The summed E-state index contributed by atoms with van der Waals surface area (Å²) in [6, 6.07) is 6.87. The van der Waals surface area contributed by atoms with Crippen molar-refractivity contribution in [2.45, 2.75) is 56.2 Å². The van der Waals surface area contributed by atoms with Crippen molar-refractivity contribution >= 4 is 16.8 Å². The first-order chi connectivity index (χ1) is 17.3. The summed E-state index contributed by atoms with van der Waals surface area (Å²) in [7, 11) is 0. The summed E-state index contributed by atoms with van der Waals surface area (Å²) in [5, 5.41) is 40.4. The number of pyridine rings is 1. The highest BCUT2D eigenvalue weighted by Crippen LogP contribution is 2.48. The molecule has 4 aliphatic heterocycles. The number of fused-ring (bicyclic) bond motifs is 5. The molecule has 1 amide bonds. The van der Waals surface area contributed by atoms with E-state index < -0.39 is 43.1 Å². The van der Waals surface area contributed by atoms with Crippen LogP contribution in [0.3, 0.4) is 0 Å². The zero-order valence-electron chi connectivity index (χ0n) is 19.1. The van der Waals surface area contributed by atoms with Gasteiger partial charge in [0.1, 0.15) is 18.3 Å². The number of H-pyrrole nitrogens is 1. The Bertz CT molecular complexity index is 1320. The van der Waals surface area contributed by atoms with Gasteiger partial charge in [0, 0.05) is 34.0 Å². The smallest absolute Gasteiger partial charge is 0.254 e. The molecule has 5 heterocycles. The summed E-state index contributed by atoms with van der Waals surface area (Å²) >= 11 is 0. The lowest BCUT2D eigenvalue weighted by molar-refractivity contribution is -0.368. The number of aliphatic hydroxyl groups excluding tert-OH is 4. The monoisotopic (exact) mass is 498 g/mol. The van der Waals surface area contributed by atoms with Crippen LogP contribution in [0, 0.1) is 11.8 Å². The SMILES string of the molecule is C=CC1C(OC2OC(O)C(O)C(O)C2O)OC=C2C(=O)N3Cc4c([nH]c5ccccc5c4=O)C3CC21. The van der Waals surface area contributed by atoms with E-state index in [2.05, 4.69) is 11.6 Å². The Morgan fingerprint density at radius 1 is 1.08 bits per heavy atom. The van der Waals surface area contributed by atoms with E-state index in [1.165, 1.54) is 6.26 Å². The minimum Gasteiger partial charge on any atom is -0.471 e. The molecule has 0 aliphatic carbocycles. The number of aromatic nitrogens is 1. The van der Waals surface area contributed by atoms with Gasteiger partial charge in [-0.1, -0.05) is 18.2 Å². The Morgan fingerprint density at radius 3 is 2.64 bits per heavy atom. The normalized spacial score (nSPS) is 37.6. The van der Waals surface area contributed by atoms with Crippen LogP contribution < -0.4 is 5.43 Å². The van der Waals surface area contributed by atoms with E-state index in [-0.39, 0.29) is 29.8 Å². The third kappa shape index (κ3) is 3.35. The summed E-state index contributed by atoms with van der Waals surface area (Å²) in [4.78, 5) is 31.7. The van der Waals surface area contributed by atoms with Gasteiger partial charge >= 0.3 is 0 Å². The predicted molar refractivity (Wildman–Crippen MR) is 123 cm³/mol. The molecule has 0 spiro atoms. The van der Waals surface area contributed by atoms with Crippen molar-refractivity contribution in [1.29, 1.82) is 0 Å². The highest BCUT2D eigenvalue weighted by molar-refractivity contribution is 5.96. The Morgan fingerprint density at radius 2 is 1.86 bits per heavy atom. The number of carbonyl (C=O) groups excluding carboxylic acids is 1. The largest absolute Gasteiger partial charge is 0.471 e. The molecular formula is C25H26N2O9. The summed E-state index contributed by atoms with van der Waals surface area (Å²) in [5.74, 6) is -1.18. The molecule has 1 aromatic heterocycles. The van der Waals surface area contributed by atoms with E-state index >= 15 is 0 Å². The first-order valence-electron chi connectivity index (χ1n) is 11.8. The van der Waals surface area contributed by atoms with E-state index in [1.54, 1.807) is 23.1 Å². The molecule has 4 aliphatic rings. The maximum atomic E-state index is 13.5. The standard InChI is InChI=1S/C25H26N2O9/c1-2-10-12-7-16-17-13(18(28)11-5-3-4-6-15(11)26-17)8-27(16)22(32)14(12)9-34-24(10)36-25-21(31)19(29)20(30)23(33)35-25/h2-6,9-10,12,16,19-21,23-25,29-31,33H,1,7-8H2,(H,26,28). The van der Waals surface area contributed by atoms with E-state index in [1.807, 2.05) is 12.1 Å². The molecule has 190 valence electrons. The molecule has 0 saturated carbocycles. The molecule has 36 heavy (non-hydrogen) atoms. The molecule has 2 aromatic rings. The van der Waals surface area contributed by atoms with Crippen LogP contribution in [-0.2, 0) is 25.5 Å². The number of nitrogens with one attached hydrogen (secondary N) is 1. The van der Waals surface area contributed by atoms with Crippen molar-refractivity contribution in [1.82, 2.24) is 9.88 Å². The predicted octanol–water partition coefficient (Wildman–Crippen LogP) is -0.252. The Hall–Kier alpha value is -3.06. The minimum absolute atomic E-state index is 0.0982. The van der Waals surface area contributed by atoms with Crippen LogP contribution in [0.15, 0.2) is 53.6 Å².